The van der Waals surface area contributed by atoms with Crippen LogP contribution in [0.2, 0.25) is 0 Å². The maximum absolute atomic E-state index is 5.47. The van der Waals surface area contributed by atoms with Gasteiger partial charge in [0.1, 0.15) is 5.76 Å². The molecule has 0 saturated carbocycles. The first-order valence-electron chi connectivity index (χ1n) is 5.52. The van der Waals surface area contributed by atoms with Crippen molar-refractivity contribution in [2.24, 2.45) is 0 Å². The van der Waals surface area contributed by atoms with Gasteiger partial charge in [0, 0.05) is 21.7 Å². The van der Waals surface area contributed by atoms with Gasteiger partial charge in [-0.2, -0.15) is 0 Å². The van der Waals surface area contributed by atoms with E-state index in [4.69, 9.17) is 4.42 Å². The summed E-state index contributed by atoms with van der Waals surface area (Å²) in [5.41, 5.74) is 0.952. The molecule has 0 aliphatic rings. The van der Waals surface area contributed by atoms with Crippen molar-refractivity contribution in [3.05, 3.63) is 44.8 Å². The molecule has 1 atom stereocenters. The van der Waals surface area contributed by atoms with E-state index in [1.165, 1.54) is 0 Å². The second-order valence-corrected chi connectivity index (χ2v) is 5.76. The SMILES string of the molecule is Cc1cnc(C(C)NCc2ncc(Br)cc2Br)o1. The summed E-state index contributed by atoms with van der Waals surface area (Å²) < 4.78 is 7.40. The molecule has 4 nitrogen and oxygen atoms in total. The number of aromatic nitrogens is 2. The molecule has 0 spiro atoms. The van der Waals surface area contributed by atoms with Crippen molar-refractivity contribution in [2.75, 3.05) is 0 Å². The van der Waals surface area contributed by atoms with E-state index in [0.717, 1.165) is 20.4 Å². The van der Waals surface area contributed by atoms with Gasteiger partial charge in [-0.25, -0.2) is 4.98 Å². The number of nitrogens with zero attached hydrogens (tertiary/aromatic N) is 2. The van der Waals surface area contributed by atoms with Crippen LogP contribution in [0.5, 0.6) is 0 Å². The van der Waals surface area contributed by atoms with Crippen LogP contribution in [0.4, 0.5) is 0 Å². The van der Waals surface area contributed by atoms with Crippen LogP contribution in [-0.4, -0.2) is 9.97 Å². The van der Waals surface area contributed by atoms with Crippen LogP contribution in [0.15, 0.2) is 31.8 Å². The molecule has 1 N–H and O–H groups in total. The van der Waals surface area contributed by atoms with Crippen molar-refractivity contribution >= 4 is 31.9 Å². The van der Waals surface area contributed by atoms with Gasteiger partial charge < -0.3 is 9.73 Å². The highest BCUT2D eigenvalue weighted by molar-refractivity contribution is 9.11. The van der Waals surface area contributed by atoms with Crippen molar-refractivity contribution < 1.29 is 4.42 Å². The summed E-state index contributed by atoms with van der Waals surface area (Å²) in [5, 5.41) is 3.32. The first-order valence-corrected chi connectivity index (χ1v) is 7.10. The maximum atomic E-state index is 5.47. The lowest BCUT2D eigenvalue weighted by Gasteiger charge is -2.10. The highest BCUT2D eigenvalue weighted by Gasteiger charge is 2.11. The van der Waals surface area contributed by atoms with Crippen molar-refractivity contribution in [1.82, 2.24) is 15.3 Å². The summed E-state index contributed by atoms with van der Waals surface area (Å²) in [6.07, 6.45) is 3.50. The third-order valence-corrected chi connectivity index (χ3v) is 3.59. The van der Waals surface area contributed by atoms with Gasteiger partial charge in [0.05, 0.1) is 17.9 Å². The Morgan fingerprint density at radius 3 is 2.72 bits per heavy atom. The summed E-state index contributed by atoms with van der Waals surface area (Å²) in [6, 6.07) is 2.03. The molecular weight excluding hydrogens is 362 g/mol. The van der Waals surface area contributed by atoms with Gasteiger partial charge in [-0.15, -0.1) is 0 Å². The van der Waals surface area contributed by atoms with Gasteiger partial charge in [-0.05, 0) is 51.8 Å². The molecule has 0 bridgehead atoms. The average molecular weight is 375 g/mol. The van der Waals surface area contributed by atoms with E-state index in [-0.39, 0.29) is 6.04 Å². The molecule has 0 aliphatic heterocycles. The van der Waals surface area contributed by atoms with Crippen molar-refractivity contribution in [3.63, 3.8) is 0 Å². The smallest absolute Gasteiger partial charge is 0.211 e. The number of pyridine rings is 1. The largest absolute Gasteiger partial charge is 0.444 e. The van der Waals surface area contributed by atoms with E-state index in [1.54, 1.807) is 12.4 Å². The molecule has 18 heavy (non-hydrogen) atoms. The van der Waals surface area contributed by atoms with Gasteiger partial charge in [-0.1, -0.05) is 0 Å². The zero-order valence-corrected chi connectivity index (χ0v) is 13.2. The molecule has 0 aliphatic carbocycles. The summed E-state index contributed by atoms with van der Waals surface area (Å²) in [4.78, 5) is 8.54. The molecule has 6 heteroatoms. The Hall–Kier alpha value is -0.720. The van der Waals surface area contributed by atoms with E-state index in [1.807, 2.05) is 19.9 Å². The molecule has 2 aromatic rings. The molecule has 0 amide bonds. The Morgan fingerprint density at radius 2 is 2.11 bits per heavy atom. The van der Waals surface area contributed by atoms with Crippen molar-refractivity contribution in [1.29, 1.82) is 0 Å². The standard InChI is InChI=1S/C12H13Br2N3O/c1-7-4-17-12(18-7)8(2)15-6-11-10(14)3-9(13)5-16-11/h3-5,8,15H,6H2,1-2H3. The lowest BCUT2D eigenvalue weighted by Crippen LogP contribution is -2.19. The molecular formula is C12H13Br2N3O. The number of aryl methyl sites for hydroxylation is 1. The molecule has 2 heterocycles. The molecule has 2 aromatic heterocycles. The molecule has 2 rings (SSSR count). The molecule has 0 radical (unpaired) electrons. The van der Waals surface area contributed by atoms with Crippen LogP contribution in [0.3, 0.4) is 0 Å². The van der Waals surface area contributed by atoms with Crippen LogP contribution >= 0.6 is 31.9 Å². The van der Waals surface area contributed by atoms with Gasteiger partial charge in [0.25, 0.3) is 0 Å². The normalized spacial score (nSPS) is 12.7. The highest BCUT2D eigenvalue weighted by atomic mass is 79.9. The molecule has 0 aromatic carbocycles. The van der Waals surface area contributed by atoms with E-state index < -0.39 is 0 Å². The zero-order valence-electron chi connectivity index (χ0n) is 10.1. The average Bonchev–Trinajstić information content (AvgIpc) is 2.74. The Bertz CT molecular complexity index is 542. The number of rotatable bonds is 4. The fourth-order valence-corrected chi connectivity index (χ4v) is 2.61. The minimum atomic E-state index is 0.0519. The molecule has 0 fully saturated rings. The van der Waals surface area contributed by atoms with E-state index in [9.17, 15) is 0 Å². The lowest BCUT2D eigenvalue weighted by atomic mass is 10.3. The van der Waals surface area contributed by atoms with Crippen molar-refractivity contribution in [3.8, 4) is 0 Å². The number of nitrogens with one attached hydrogen (secondary N) is 1. The predicted octanol–water partition coefficient (Wildman–Crippen LogP) is 3.75. The van der Waals surface area contributed by atoms with Crippen LogP contribution in [0.25, 0.3) is 0 Å². The van der Waals surface area contributed by atoms with Gasteiger partial charge >= 0.3 is 0 Å². The Kier molecular flexibility index (Phi) is 4.53. The van der Waals surface area contributed by atoms with Crippen molar-refractivity contribution in [2.45, 2.75) is 26.4 Å². The summed E-state index contributed by atoms with van der Waals surface area (Å²) >= 11 is 6.86. The highest BCUT2D eigenvalue weighted by Crippen LogP contribution is 2.20. The number of halogens is 2. The monoisotopic (exact) mass is 373 g/mol. The second kappa shape index (κ2) is 5.95. The minimum absolute atomic E-state index is 0.0519. The second-order valence-electron chi connectivity index (χ2n) is 3.99. The van der Waals surface area contributed by atoms with Crippen LogP contribution in [-0.2, 0) is 6.54 Å². The third kappa shape index (κ3) is 3.40. The van der Waals surface area contributed by atoms with E-state index in [0.29, 0.717) is 12.4 Å². The number of hydrogen-bond acceptors (Lipinski definition) is 4. The van der Waals surface area contributed by atoms with E-state index >= 15 is 0 Å². The predicted molar refractivity (Wildman–Crippen MR) is 76.1 cm³/mol. The Labute approximate surface area is 122 Å². The van der Waals surface area contributed by atoms with Crippen LogP contribution in [0.1, 0.15) is 30.3 Å². The van der Waals surface area contributed by atoms with E-state index in [2.05, 4.69) is 47.1 Å². The Morgan fingerprint density at radius 1 is 1.33 bits per heavy atom. The lowest BCUT2D eigenvalue weighted by molar-refractivity contribution is 0.401. The zero-order chi connectivity index (χ0) is 13.1. The number of hydrogen-bond donors (Lipinski definition) is 1. The fourth-order valence-electron chi connectivity index (χ4n) is 1.48. The third-order valence-electron chi connectivity index (χ3n) is 2.47. The maximum Gasteiger partial charge on any atom is 0.211 e. The topological polar surface area (TPSA) is 51.0 Å². The first-order chi connectivity index (χ1) is 8.56. The van der Waals surface area contributed by atoms with Crippen LogP contribution < -0.4 is 5.32 Å². The summed E-state index contributed by atoms with van der Waals surface area (Å²) in [5.74, 6) is 1.52. The van der Waals surface area contributed by atoms with Crippen LogP contribution in [0, 0.1) is 6.92 Å². The molecule has 1 unspecified atom stereocenters. The van der Waals surface area contributed by atoms with Gasteiger partial charge in [0.15, 0.2) is 0 Å². The Balaban J connectivity index is 1.99. The summed E-state index contributed by atoms with van der Waals surface area (Å²) in [6.45, 7) is 4.55. The van der Waals surface area contributed by atoms with Gasteiger partial charge in [-0.3, -0.25) is 4.98 Å². The van der Waals surface area contributed by atoms with Gasteiger partial charge in [0.2, 0.25) is 5.89 Å². The quantitative estimate of drug-likeness (QED) is 0.885. The first kappa shape index (κ1) is 13.7. The summed E-state index contributed by atoms with van der Waals surface area (Å²) in [7, 11) is 0. The molecule has 0 saturated heterocycles. The minimum Gasteiger partial charge on any atom is -0.444 e. The molecule has 96 valence electrons. The fraction of sp³-hybridized carbons (Fsp3) is 0.333. The number of oxazole rings is 1.